The molecule has 0 aromatic carbocycles. The van der Waals surface area contributed by atoms with E-state index in [1.807, 2.05) is 6.07 Å². The van der Waals surface area contributed by atoms with Crippen LogP contribution in [0.1, 0.15) is 9.67 Å². The lowest BCUT2D eigenvalue weighted by Crippen LogP contribution is -2.36. The van der Waals surface area contributed by atoms with Crippen molar-refractivity contribution in [3.05, 3.63) is 33.6 Å². The molecule has 24 heavy (non-hydrogen) atoms. The highest BCUT2D eigenvalue weighted by Gasteiger charge is 2.12. The molecule has 3 rings (SSSR count). The molecule has 1 aliphatic rings. The quantitative estimate of drug-likeness (QED) is 0.759. The van der Waals surface area contributed by atoms with Crippen LogP contribution in [0.3, 0.4) is 0 Å². The first-order valence-electron chi connectivity index (χ1n) is 7.65. The first kappa shape index (κ1) is 16.9. The molecular formula is C15H18ClN5O2S. The monoisotopic (exact) mass is 367 g/mol. The van der Waals surface area contributed by atoms with Gasteiger partial charge in [-0.25, -0.2) is 0 Å². The number of halogens is 1. The van der Waals surface area contributed by atoms with Gasteiger partial charge in [0.05, 0.1) is 34.3 Å². The van der Waals surface area contributed by atoms with E-state index in [0.29, 0.717) is 28.1 Å². The number of morpholine rings is 1. The fourth-order valence-corrected chi connectivity index (χ4v) is 3.29. The molecule has 1 saturated heterocycles. The highest BCUT2D eigenvalue weighted by molar-refractivity contribution is 7.17. The third-order valence-electron chi connectivity index (χ3n) is 3.53. The van der Waals surface area contributed by atoms with Gasteiger partial charge in [-0.3, -0.25) is 4.79 Å². The summed E-state index contributed by atoms with van der Waals surface area (Å²) in [5, 5.41) is 14.1. The van der Waals surface area contributed by atoms with Crippen molar-refractivity contribution in [1.82, 2.24) is 15.5 Å². The predicted molar refractivity (Wildman–Crippen MR) is 95.2 cm³/mol. The van der Waals surface area contributed by atoms with E-state index in [1.165, 1.54) is 11.3 Å². The molecule has 0 atom stereocenters. The summed E-state index contributed by atoms with van der Waals surface area (Å²) in [6, 6.07) is 5.39. The van der Waals surface area contributed by atoms with Gasteiger partial charge in [-0.05, 0) is 12.1 Å². The molecule has 0 aliphatic carbocycles. The Morgan fingerprint density at radius 3 is 2.92 bits per heavy atom. The standard InChI is InChI=1S/C15H18ClN5O2S/c16-13-2-1-12(24-13)15(22)18-4-3-17-14-9-11(10-19-20-14)21-5-7-23-8-6-21/h1-2,9-10H,3-8H2,(H,17,20)(H,18,22). The van der Waals surface area contributed by atoms with Gasteiger partial charge in [0, 0.05) is 32.2 Å². The molecular weight excluding hydrogens is 350 g/mol. The van der Waals surface area contributed by atoms with Crippen molar-refractivity contribution in [2.24, 2.45) is 0 Å². The van der Waals surface area contributed by atoms with E-state index in [0.717, 1.165) is 32.0 Å². The van der Waals surface area contributed by atoms with Crippen LogP contribution in [0.15, 0.2) is 24.4 Å². The molecule has 2 aromatic rings. The highest BCUT2D eigenvalue weighted by atomic mass is 35.5. The first-order valence-corrected chi connectivity index (χ1v) is 8.84. The minimum atomic E-state index is -0.123. The number of ether oxygens (including phenoxy) is 1. The largest absolute Gasteiger partial charge is 0.378 e. The van der Waals surface area contributed by atoms with Crippen molar-refractivity contribution < 1.29 is 9.53 Å². The van der Waals surface area contributed by atoms with Crippen molar-refractivity contribution in [3.63, 3.8) is 0 Å². The molecule has 1 aliphatic heterocycles. The minimum absolute atomic E-state index is 0.123. The van der Waals surface area contributed by atoms with Crippen LogP contribution >= 0.6 is 22.9 Å². The number of hydrogen-bond donors (Lipinski definition) is 2. The summed E-state index contributed by atoms with van der Waals surface area (Å²) >= 11 is 7.09. The maximum Gasteiger partial charge on any atom is 0.261 e. The van der Waals surface area contributed by atoms with Gasteiger partial charge in [-0.1, -0.05) is 11.6 Å². The zero-order valence-corrected chi connectivity index (χ0v) is 14.6. The summed E-state index contributed by atoms with van der Waals surface area (Å²) in [6.07, 6.45) is 1.75. The summed E-state index contributed by atoms with van der Waals surface area (Å²) in [5.74, 6) is 0.564. The van der Waals surface area contributed by atoms with Crippen molar-refractivity contribution in [1.29, 1.82) is 0 Å². The molecule has 0 bridgehead atoms. The van der Waals surface area contributed by atoms with E-state index in [2.05, 4.69) is 25.7 Å². The van der Waals surface area contributed by atoms with Crippen molar-refractivity contribution in [2.75, 3.05) is 49.6 Å². The zero-order valence-electron chi connectivity index (χ0n) is 13.0. The Balaban J connectivity index is 1.45. The third-order valence-corrected chi connectivity index (χ3v) is 4.76. The molecule has 0 spiro atoms. The van der Waals surface area contributed by atoms with Crippen molar-refractivity contribution in [2.45, 2.75) is 0 Å². The average molecular weight is 368 g/mol. The molecule has 1 fully saturated rings. The van der Waals surface area contributed by atoms with Gasteiger partial charge < -0.3 is 20.3 Å². The number of thiophene rings is 1. The van der Waals surface area contributed by atoms with Gasteiger partial charge in [0.15, 0.2) is 5.82 Å². The second-order valence-corrected chi connectivity index (χ2v) is 6.90. The Morgan fingerprint density at radius 1 is 1.33 bits per heavy atom. The third kappa shape index (κ3) is 4.56. The summed E-state index contributed by atoms with van der Waals surface area (Å²) in [6.45, 7) is 4.20. The molecule has 0 saturated carbocycles. The lowest BCUT2D eigenvalue weighted by atomic mass is 10.3. The fourth-order valence-electron chi connectivity index (χ4n) is 2.33. The van der Waals surface area contributed by atoms with Crippen LogP contribution in [0.5, 0.6) is 0 Å². The van der Waals surface area contributed by atoms with E-state index < -0.39 is 0 Å². The van der Waals surface area contributed by atoms with Gasteiger partial charge in [0.25, 0.3) is 5.91 Å². The van der Waals surface area contributed by atoms with Crippen LogP contribution in [0, 0.1) is 0 Å². The number of rotatable bonds is 6. The normalized spacial score (nSPS) is 14.5. The number of aromatic nitrogens is 2. The second kappa shape index (κ2) is 8.27. The van der Waals surface area contributed by atoms with Gasteiger partial charge in [-0.2, -0.15) is 5.10 Å². The van der Waals surface area contributed by atoms with Crippen LogP contribution in [-0.2, 0) is 4.74 Å². The second-order valence-electron chi connectivity index (χ2n) is 5.18. The Bertz CT molecular complexity index is 690. The lowest BCUT2D eigenvalue weighted by molar-refractivity contribution is 0.0959. The van der Waals surface area contributed by atoms with E-state index in [9.17, 15) is 4.79 Å². The Morgan fingerprint density at radius 2 is 2.17 bits per heavy atom. The summed E-state index contributed by atoms with van der Waals surface area (Å²) in [4.78, 5) is 14.7. The van der Waals surface area contributed by atoms with Crippen molar-refractivity contribution >= 4 is 40.4 Å². The smallest absolute Gasteiger partial charge is 0.261 e. The van der Waals surface area contributed by atoms with Crippen LogP contribution in [0.25, 0.3) is 0 Å². The molecule has 0 radical (unpaired) electrons. The zero-order chi connectivity index (χ0) is 16.8. The first-order chi connectivity index (χ1) is 11.7. The summed E-state index contributed by atoms with van der Waals surface area (Å²) < 4.78 is 5.96. The Kier molecular flexibility index (Phi) is 5.84. The molecule has 1 amide bonds. The molecule has 9 heteroatoms. The van der Waals surface area contributed by atoms with Gasteiger partial charge in [0.1, 0.15) is 0 Å². The highest BCUT2D eigenvalue weighted by Crippen LogP contribution is 2.21. The number of anilines is 2. The molecule has 2 aromatic heterocycles. The molecule has 7 nitrogen and oxygen atoms in total. The van der Waals surface area contributed by atoms with Crippen LogP contribution in [-0.4, -0.2) is 55.5 Å². The Hall–Kier alpha value is -1.90. The number of carbonyl (C=O) groups excluding carboxylic acids is 1. The number of carbonyl (C=O) groups is 1. The summed E-state index contributed by atoms with van der Waals surface area (Å²) in [7, 11) is 0. The number of hydrogen-bond acceptors (Lipinski definition) is 7. The van der Waals surface area contributed by atoms with E-state index in [4.69, 9.17) is 16.3 Å². The lowest BCUT2D eigenvalue weighted by Gasteiger charge is -2.28. The molecule has 2 N–H and O–H groups in total. The molecule has 0 unspecified atom stereocenters. The van der Waals surface area contributed by atoms with E-state index >= 15 is 0 Å². The fraction of sp³-hybridized carbons (Fsp3) is 0.400. The minimum Gasteiger partial charge on any atom is -0.378 e. The number of nitrogens with one attached hydrogen (secondary N) is 2. The molecule has 128 valence electrons. The maximum absolute atomic E-state index is 11.9. The van der Waals surface area contributed by atoms with E-state index in [1.54, 1.807) is 18.3 Å². The van der Waals surface area contributed by atoms with Crippen LogP contribution in [0.4, 0.5) is 11.5 Å². The van der Waals surface area contributed by atoms with E-state index in [-0.39, 0.29) is 5.91 Å². The molecule has 3 heterocycles. The van der Waals surface area contributed by atoms with Gasteiger partial charge in [0.2, 0.25) is 0 Å². The van der Waals surface area contributed by atoms with Gasteiger partial charge in [-0.15, -0.1) is 16.4 Å². The summed E-state index contributed by atoms with van der Waals surface area (Å²) in [5.41, 5.74) is 1.02. The number of amides is 1. The maximum atomic E-state index is 11.9. The predicted octanol–water partition coefficient (Wildman–Crippen LogP) is 1.87. The Labute approximate surface area is 149 Å². The van der Waals surface area contributed by atoms with Gasteiger partial charge >= 0.3 is 0 Å². The average Bonchev–Trinajstić information content (AvgIpc) is 3.06. The van der Waals surface area contributed by atoms with Crippen molar-refractivity contribution in [3.8, 4) is 0 Å². The number of nitrogens with zero attached hydrogens (tertiary/aromatic N) is 3. The SMILES string of the molecule is O=C(NCCNc1cc(N2CCOCC2)cnn1)c1ccc(Cl)s1. The van der Waals surface area contributed by atoms with Crippen LogP contribution in [0.2, 0.25) is 4.34 Å². The van der Waals surface area contributed by atoms with Crippen LogP contribution < -0.4 is 15.5 Å². The topological polar surface area (TPSA) is 79.4 Å².